The van der Waals surface area contributed by atoms with Gasteiger partial charge in [-0.15, -0.1) is 0 Å². The molecule has 2 rings (SSSR count). The SMILES string of the molecule is COCCOc1ccc(NCc2cnccn2)cn1. The van der Waals surface area contributed by atoms with Crippen molar-refractivity contribution in [3.63, 3.8) is 0 Å². The molecule has 0 aliphatic carbocycles. The first kappa shape index (κ1) is 13.2. The summed E-state index contributed by atoms with van der Waals surface area (Å²) in [6.45, 7) is 1.66. The van der Waals surface area contributed by atoms with E-state index in [9.17, 15) is 0 Å². The van der Waals surface area contributed by atoms with E-state index in [4.69, 9.17) is 9.47 Å². The van der Waals surface area contributed by atoms with Crippen LogP contribution in [0.5, 0.6) is 5.88 Å². The van der Waals surface area contributed by atoms with Gasteiger partial charge < -0.3 is 14.8 Å². The molecule has 19 heavy (non-hydrogen) atoms. The second-order valence-corrected chi connectivity index (χ2v) is 3.78. The van der Waals surface area contributed by atoms with Crippen LogP contribution in [-0.4, -0.2) is 35.3 Å². The minimum absolute atomic E-state index is 0.496. The van der Waals surface area contributed by atoms with Crippen LogP contribution in [0.15, 0.2) is 36.9 Å². The molecule has 0 radical (unpaired) electrons. The van der Waals surface area contributed by atoms with Crippen LogP contribution in [0, 0.1) is 0 Å². The molecule has 100 valence electrons. The van der Waals surface area contributed by atoms with Crippen molar-refractivity contribution in [1.29, 1.82) is 0 Å². The molecule has 6 nitrogen and oxygen atoms in total. The Morgan fingerprint density at radius 2 is 2.05 bits per heavy atom. The second-order valence-electron chi connectivity index (χ2n) is 3.78. The summed E-state index contributed by atoms with van der Waals surface area (Å²) in [6, 6.07) is 3.72. The van der Waals surface area contributed by atoms with Crippen LogP contribution in [0.2, 0.25) is 0 Å². The molecule has 6 heteroatoms. The summed E-state index contributed by atoms with van der Waals surface area (Å²) >= 11 is 0. The predicted octanol–water partition coefficient (Wildman–Crippen LogP) is 1.51. The molecule has 0 aliphatic rings. The van der Waals surface area contributed by atoms with Gasteiger partial charge in [-0.3, -0.25) is 9.97 Å². The van der Waals surface area contributed by atoms with Gasteiger partial charge in [-0.25, -0.2) is 4.98 Å². The average Bonchev–Trinajstić information content (AvgIpc) is 2.48. The zero-order valence-corrected chi connectivity index (χ0v) is 10.7. The van der Waals surface area contributed by atoms with Crippen LogP contribution in [-0.2, 0) is 11.3 Å². The van der Waals surface area contributed by atoms with Gasteiger partial charge in [0, 0.05) is 25.6 Å². The Hall–Kier alpha value is -2.21. The van der Waals surface area contributed by atoms with E-state index in [0.717, 1.165) is 11.4 Å². The van der Waals surface area contributed by atoms with E-state index in [1.807, 2.05) is 12.1 Å². The smallest absolute Gasteiger partial charge is 0.213 e. The average molecular weight is 260 g/mol. The summed E-state index contributed by atoms with van der Waals surface area (Å²) in [5.41, 5.74) is 1.78. The van der Waals surface area contributed by atoms with Gasteiger partial charge in [0.25, 0.3) is 0 Å². The van der Waals surface area contributed by atoms with Crippen LogP contribution in [0.3, 0.4) is 0 Å². The van der Waals surface area contributed by atoms with Crippen LogP contribution in [0.1, 0.15) is 5.69 Å². The molecule has 0 amide bonds. The van der Waals surface area contributed by atoms with Crippen molar-refractivity contribution in [2.45, 2.75) is 6.54 Å². The van der Waals surface area contributed by atoms with Crippen LogP contribution >= 0.6 is 0 Å². The highest BCUT2D eigenvalue weighted by Crippen LogP contribution is 2.12. The fraction of sp³-hybridized carbons (Fsp3) is 0.308. The molecule has 0 aromatic carbocycles. The van der Waals surface area contributed by atoms with E-state index in [2.05, 4.69) is 20.3 Å². The number of methoxy groups -OCH3 is 1. The minimum Gasteiger partial charge on any atom is -0.475 e. The van der Waals surface area contributed by atoms with Gasteiger partial charge in [0.2, 0.25) is 5.88 Å². The molecule has 2 aromatic rings. The largest absolute Gasteiger partial charge is 0.475 e. The van der Waals surface area contributed by atoms with E-state index in [1.54, 1.807) is 31.9 Å². The zero-order valence-electron chi connectivity index (χ0n) is 10.7. The number of pyridine rings is 1. The van der Waals surface area contributed by atoms with Crippen LogP contribution in [0.4, 0.5) is 5.69 Å². The molecule has 2 heterocycles. The van der Waals surface area contributed by atoms with Crippen molar-refractivity contribution in [3.8, 4) is 5.88 Å². The molecule has 0 atom stereocenters. The predicted molar refractivity (Wildman–Crippen MR) is 71.0 cm³/mol. The summed E-state index contributed by atoms with van der Waals surface area (Å²) in [6.07, 6.45) is 6.76. The lowest BCUT2D eigenvalue weighted by Crippen LogP contribution is -2.06. The fourth-order valence-corrected chi connectivity index (χ4v) is 1.41. The number of anilines is 1. The number of aromatic nitrogens is 3. The number of ether oxygens (including phenoxy) is 2. The van der Waals surface area contributed by atoms with Gasteiger partial charge in [-0.05, 0) is 6.07 Å². The van der Waals surface area contributed by atoms with Gasteiger partial charge in [0.1, 0.15) is 6.61 Å². The van der Waals surface area contributed by atoms with Crippen molar-refractivity contribution in [3.05, 3.63) is 42.6 Å². The Morgan fingerprint density at radius 3 is 2.74 bits per heavy atom. The summed E-state index contributed by atoms with van der Waals surface area (Å²) in [7, 11) is 1.64. The maximum absolute atomic E-state index is 5.38. The third-order valence-electron chi connectivity index (χ3n) is 2.36. The first-order valence-electron chi connectivity index (χ1n) is 5.95. The van der Waals surface area contributed by atoms with Gasteiger partial charge in [0.05, 0.1) is 36.9 Å². The normalized spacial score (nSPS) is 10.2. The summed E-state index contributed by atoms with van der Waals surface area (Å²) in [4.78, 5) is 12.4. The van der Waals surface area contributed by atoms with Crippen LogP contribution < -0.4 is 10.1 Å². The van der Waals surface area contributed by atoms with E-state index in [-0.39, 0.29) is 0 Å². The summed E-state index contributed by atoms with van der Waals surface area (Å²) < 4.78 is 10.3. The number of rotatable bonds is 7. The standard InChI is InChI=1S/C13H16N4O2/c1-18-6-7-19-13-3-2-11(9-17-13)16-10-12-8-14-4-5-15-12/h2-5,8-9,16H,6-7,10H2,1H3. The van der Waals surface area contributed by atoms with Crippen molar-refractivity contribution >= 4 is 5.69 Å². The van der Waals surface area contributed by atoms with Crippen molar-refractivity contribution in [2.75, 3.05) is 25.6 Å². The monoisotopic (exact) mass is 260 g/mol. The van der Waals surface area contributed by atoms with Crippen molar-refractivity contribution < 1.29 is 9.47 Å². The second kappa shape index (κ2) is 7.27. The van der Waals surface area contributed by atoms with Gasteiger partial charge >= 0.3 is 0 Å². The Morgan fingerprint density at radius 1 is 1.11 bits per heavy atom. The van der Waals surface area contributed by atoms with E-state index < -0.39 is 0 Å². The molecule has 0 saturated heterocycles. The Balaban J connectivity index is 1.81. The number of nitrogens with one attached hydrogen (secondary N) is 1. The fourth-order valence-electron chi connectivity index (χ4n) is 1.41. The lowest BCUT2D eigenvalue weighted by atomic mass is 10.4. The Kier molecular flexibility index (Phi) is 5.06. The van der Waals surface area contributed by atoms with E-state index in [1.165, 1.54) is 0 Å². The first-order valence-corrected chi connectivity index (χ1v) is 5.95. The molecule has 0 spiro atoms. The molecular formula is C13H16N4O2. The number of hydrogen-bond donors (Lipinski definition) is 1. The van der Waals surface area contributed by atoms with E-state index >= 15 is 0 Å². The van der Waals surface area contributed by atoms with Gasteiger partial charge in [-0.2, -0.15) is 0 Å². The number of nitrogens with zero attached hydrogens (tertiary/aromatic N) is 3. The van der Waals surface area contributed by atoms with Gasteiger partial charge in [-0.1, -0.05) is 0 Å². The Bertz CT molecular complexity index is 476. The van der Waals surface area contributed by atoms with Crippen molar-refractivity contribution in [1.82, 2.24) is 15.0 Å². The maximum atomic E-state index is 5.38. The topological polar surface area (TPSA) is 69.2 Å². The minimum atomic E-state index is 0.496. The highest BCUT2D eigenvalue weighted by atomic mass is 16.5. The van der Waals surface area contributed by atoms with Crippen LogP contribution in [0.25, 0.3) is 0 Å². The molecule has 0 fully saturated rings. The highest BCUT2D eigenvalue weighted by Gasteiger charge is 1.98. The summed E-state index contributed by atoms with van der Waals surface area (Å²) in [5, 5.41) is 3.21. The molecule has 0 aliphatic heterocycles. The lowest BCUT2D eigenvalue weighted by molar-refractivity contribution is 0.144. The molecular weight excluding hydrogens is 244 g/mol. The first-order chi connectivity index (χ1) is 9.38. The quantitative estimate of drug-likeness (QED) is 0.761. The zero-order chi connectivity index (χ0) is 13.3. The molecule has 2 aromatic heterocycles. The third-order valence-corrected chi connectivity index (χ3v) is 2.36. The Labute approximate surface area is 111 Å². The molecule has 0 bridgehead atoms. The van der Waals surface area contributed by atoms with E-state index in [0.29, 0.717) is 25.6 Å². The van der Waals surface area contributed by atoms with Gasteiger partial charge in [0.15, 0.2) is 0 Å². The lowest BCUT2D eigenvalue weighted by Gasteiger charge is -2.07. The maximum Gasteiger partial charge on any atom is 0.213 e. The molecule has 0 unspecified atom stereocenters. The summed E-state index contributed by atoms with van der Waals surface area (Å²) in [5.74, 6) is 0.585. The van der Waals surface area contributed by atoms with Crippen molar-refractivity contribution in [2.24, 2.45) is 0 Å². The molecule has 0 saturated carbocycles. The number of hydrogen-bond acceptors (Lipinski definition) is 6. The highest BCUT2D eigenvalue weighted by molar-refractivity contribution is 5.42. The third kappa shape index (κ3) is 4.51. The molecule has 1 N–H and O–H groups in total.